The predicted octanol–water partition coefficient (Wildman–Crippen LogP) is -0.130. The Morgan fingerprint density at radius 2 is 2.00 bits per heavy atom. The second-order valence-electron chi connectivity index (χ2n) is 4.94. The summed E-state index contributed by atoms with van der Waals surface area (Å²) in [6.45, 7) is 0.972. The number of nitrogen functional groups attached to an aromatic ring is 1. The van der Waals surface area contributed by atoms with E-state index in [4.69, 9.17) is 15.6 Å². The highest BCUT2D eigenvalue weighted by atomic mass is 32.2. The van der Waals surface area contributed by atoms with E-state index in [9.17, 15) is 13.5 Å². The highest BCUT2D eigenvalue weighted by molar-refractivity contribution is 7.89. The third-order valence-corrected chi connectivity index (χ3v) is 4.49. The summed E-state index contributed by atoms with van der Waals surface area (Å²) in [7, 11) is -3.88. The Labute approximate surface area is 118 Å². The van der Waals surface area contributed by atoms with E-state index in [2.05, 4.69) is 5.32 Å². The number of nitrogens with one attached hydrogen (secondary N) is 1. The van der Waals surface area contributed by atoms with Crippen LogP contribution in [0.15, 0.2) is 23.1 Å². The van der Waals surface area contributed by atoms with Gasteiger partial charge in [0.15, 0.2) is 0 Å². The molecule has 0 saturated carbocycles. The summed E-state index contributed by atoms with van der Waals surface area (Å²) in [5.41, 5.74) is 5.83. The zero-order valence-corrected chi connectivity index (χ0v) is 11.8. The molecule has 6 N–H and O–H groups in total. The monoisotopic (exact) mass is 301 g/mol. The largest absolute Gasteiger partial charge is 0.396 e. The average molecular weight is 301 g/mol. The second-order valence-corrected chi connectivity index (χ2v) is 6.47. The number of hydrogen-bond donors (Lipinski definition) is 4. The third-order valence-electron chi connectivity index (χ3n) is 3.53. The molecule has 20 heavy (non-hydrogen) atoms. The van der Waals surface area contributed by atoms with Gasteiger partial charge in [-0.25, -0.2) is 13.6 Å². The molecule has 1 aliphatic rings. The van der Waals surface area contributed by atoms with Crippen molar-refractivity contribution in [1.29, 1.82) is 0 Å². The Morgan fingerprint density at radius 1 is 1.35 bits per heavy atom. The minimum atomic E-state index is -3.88. The van der Waals surface area contributed by atoms with Gasteiger partial charge in [0.2, 0.25) is 10.0 Å². The van der Waals surface area contributed by atoms with Crippen molar-refractivity contribution in [3.8, 4) is 0 Å². The Balaban J connectivity index is 2.34. The molecule has 0 aromatic heterocycles. The minimum absolute atomic E-state index is 0.0642. The van der Waals surface area contributed by atoms with E-state index in [1.54, 1.807) is 12.1 Å². The number of benzene rings is 1. The van der Waals surface area contributed by atoms with Crippen LogP contribution in [0.3, 0.4) is 0 Å². The number of primary sulfonamides is 1. The van der Waals surface area contributed by atoms with Crippen molar-refractivity contribution in [1.82, 2.24) is 0 Å². The molecule has 1 aromatic rings. The number of hydrogen-bond acceptors (Lipinski definition) is 6. The Hall–Kier alpha value is -1.35. The van der Waals surface area contributed by atoms with Crippen molar-refractivity contribution in [2.75, 3.05) is 30.9 Å². The van der Waals surface area contributed by atoms with Gasteiger partial charge in [0.25, 0.3) is 0 Å². The molecular formula is C12H19N3O4S. The highest BCUT2D eigenvalue weighted by Crippen LogP contribution is 2.31. The molecule has 7 nitrogen and oxygen atoms in total. The molecule has 8 heteroatoms. The molecule has 1 aliphatic heterocycles. The van der Waals surface area contributed by atoms with Gasteiger partial charge in [-0.15, -0.1) is 0 Å². The van der Waals surface area contributed by atoms with Crippen molar-refractivity contribution in [3.05, 3.63) is 18.2 Å². The first-order chi connectivity index (χ1) is 9.38. The van der Waals surface area contributed by atoms with Gasteiger partial charge in [-0.2, -0.15) is 0 Å². The fourth-order valence-electron chi connectivity index (χ4n) is 2.27. The topological polar surface area (TPSA) is 128 Å². The van der Waals surface area contributed by atoms with Gasteiger partial charge >= 0.3 is 0 Å². The van der Waals surface area contributed by atoms with E-state index in [0.717, 1.165) is 0 Å². The smallest absolute Gasteiger partial charge is 0.240 e. The van der Waals surface area contributed by atoms with Crippen LogP contribution in [0.4, 0.5) is 11.4 Å². The van der Waals surface area contributed by atoms with Gasteiger partial charge in [-0.05, 0) is 25.0 Å². The number of aliphatic hydroxyl groups is 1. The van der Waals surface area contributed by atoms with E-state index < -0.39 is 15.6 Å². The molecule has 1 fully saturated rings. The zero-order chi connectivity index (χ0) is 14.8. The lowest BCUT2D eigenvalue weighted by Gasteiger charge is -2.37. The molecule has 1 heterocycles. The molecule has 0 amide bonds. The Morgan fingerprint density at radius 3 is 2.55 bits per heavy atom. The Bertz CT molecular complexity index is 582. The maximum Gasteiger partial charge on any atom is 0.240 e. The number of sulfonamides is 1. The lowest BCUT2D eigenvalue weighted by atomic mass is 9.90. The van der Waals surface area contributed by atoms with Crippen LogP contribution < -0.4 is 16.2 Å². The summed E-state index contributed by atoms with van der Waals surface area (Å²) in [5, 5.41) is 17.9. The second kappa shape index (κ2) is 5.57. The van der Waals surface area contributed by atoms with Crippen LogP contribution in [-0.2, 0) is 14.8 Å². The molecule has 0 bridgehead atoms. The quantitative estimate of drug-likeness (QED) is 0.574. The number of rotatable bonds is 4. The molecule has 1 aromatic carbocycles. The van der Waals surface area contributed by atoms with Crippen LogP contribution in [0.25, 0.3) is 0 Å². The number of aliphatic hydroxyl groups excluding tert-OH is 1. The van der Waals surface area contributed by atoms with Gasteiger partial charge in [0, 0.05) is 13.2 Å². The number of nitrogens with two attached hydrogens (primary N) is 2. The van der Waals surface area contributed by atoms with Crippen molar-refractivity contribution in [3.63, 3.8) is 0 Å². The molecule has 0 aliphatic carbocycles. The highest BCUT2D eigenvalue weighted by Gasteiger charge is 2.32. The lowest BCUT2D eigenvalue weighted by Crippen LogP contribution is -2.47. The van der Waals surface area contributed by atoms with Crippen molar-refractivity contribution in [2.45, 2.75) is 23.3 Å². The molecule has 0 unspecified atom stereocenters. The number of para-hydroxylation sites is 1. The van der Waals surface area contributed by atoms with E-state index in [1.165, 1.54) is 6.07 Å². The summed E-state index contributed by atoms with van der Waals surface area (Å²) < 4.78 is 28.2. The van der Waals surface area contributed by atoms with Crippen LogP contribution >= 0.6 is 0 Å². The SMILES string of the molecule is Nc1c(NC2(CO)CCOCC2)cccc1S(N)(=O)=O. The van der Waals surface area contributed by atoms with Crippen LogP contribution in [0.2, 0.25) is 0 Å². The van der Waals surface area contributed by atoms with Crippen molar-refractivity contribution < 1.29 is 18.3 Å². The fraction of sp³-hybridized carbons (Fsp3) is 0.500. The van der Waals surface area contributed by atoms with E-state index in [1.807, 2.05) is 0 Å². The number of ether oxygens (including phenoxy) is 1. The molecule has 1 saturated heterocycles. The van der Waals surface area contributed by atoms with Crippen LogP contribution in [0, 0.1) is 0 Å². The average Bonchev–Trinajstić information content (AvgIpc) is 2.41. The molecule has 0 atom stereocenters. The summed E-state index contributed by atoms with van der Waals surface area (Å²) in [4.78, 5) is -0.123. The first-order valence-electron chi connectivity index (χ1n) is 6.26. The summed E-state index contributed by atoms with van der Waals surface area (Å²) >= 11 is 0. The van der Waals surface area contributed by atoms with Crippen molar-refractivity contribution >= 4 is 21.4 Å². The van der Waals surface area contributed by atoms with Gasteiger partial charge in [-0.3, -0.25) is 0 Å². The van der Waals surface area contributed by atoms with Gasteiger partial charge in [0.05, 0.1) is 23.5 Å². The van der Waals surface area contributed by atoms with Gasteiger partial charge < -0.3 is 20.9 Å². The van der Waals surface area contributed by atoms with Crippen LogP contribution in [0.5, 0.6) is 0 Å². The molecule has 0 spiro atoms. The van der Waals surface area contributed by atoms with Gasteiger partial charge in [-0.1, -0.05) is 6.07 Å². The fourth-order valence-corrected chi connectivity index (χ4v) is 2.96. The molecule has 0 radical (unpaired) electrons. The normalized spacial score (nSPS) is 18.7. The Kier molecular flexibility index (Phi) is 4.19. The van der Waals surface area contributed by atoms with E-state index in [0.29, 0.717) is 31.7 Å². The zero-order valence-electron chi connectivity index (χ0n) is 11.0. The van der Waals surface area contributed by atoms with Crippen molar-refractivity contribution in [2.24, 2.45) is 5.14 Å². The number of anilines is 2. The first-order valence-corrected chi connectivity index (χ1v) is 7.81. The standard InChI is InChI=1S/C12H19N3O4S/c13-11-9(2-1-3-10(11)20(14,17)18)15-12(8-16)4-6-19-7-5-12/h1-3,15-16H,4-8,13H2,(H2,14,17,18). The molecular weight excluding hydrogens is 282 g/mol. The molecule has 2 rings (SSSR count). The van der Waals surface area contributed by atoms with Crippen LogP contribution in [-0.4, -0.2) is 38.9 Å². The predicted molar refractivity (Wildman–Crippen MR) is 75.7 cm³/mol. The van der Waals surface area contributed by atoms with Crippen LogP contribution in [0.1, 0.15) is 12.8 Å². The maximum absolute atomic E-state index is 11.4. The van der Waals surface area contributed by atoms with E-state index in [-0.39, 0.29) is 17.2 Å². The summed E-state index contributed by atoms with van der Waals surface area (Å²) in [5.74, 6) is 0. The minimum Gasteiger partial charge on any atom is -0.396 e. The summed E-state index contributed by atoms with van der Waals surface area (Å²) in [6.07, 6.45) is 1.23. The third kappa shape index (κ3) is 3.04. The maximum atomic E-state index is 11.4. The van der Waals surface area contributed by atoms with E-state index >= 15 is 0 Å². The van der Waals surface area contributed by atoms with Gasteiger partial charge in [0.1, 0.15) is 4.90 Å². The first kappa shape index (κ1) is 15.0. The lowest BCUT2D eigenvalue weighted by molar-refractivity contribution is 0.0380. The molecule has 112 valence electrons. The summed E-state index contributed by atoms with van der Waals surface area (Å²) in [6, 6.07) is 4.57.